The molecule has 214 valence electrons. The Morgan fingerprint density at radius 3 is 2.46 bits per heavy atom. The summed E-state index contributed by atoms with van der Waals surface area (Å²) < 4.78 is 5.51. The molecule has 2 unspecified atom stereocenters. The van der Waals surface area contributed by atoms with E-state index in [9.17, 15) is 19.7 Å². The highest BCUT2D eigenvalue weighted by atomic mass is 35.5. The second-order valence-electron chi connectivity index (χ2n) is 9.75. The van der Waals surface area contributed by atoms with Gasteiger partial charge < -0.3 is 30.3 Å². The quantitative estimate of drug-likeness (QED) is 0.203. The number of aliphatic imine (C=N–C) groups is 1. The number of fused-ring (bicyclic) bond motifs is 1. The number of nitrogens with zero attached hydrogens (tertiary/aromatic N) is 3. The highest BCUT2D eigenvalue weighted by Crippen LogP contribution is 2.36. The third kappa shape index (κ3) is 7.12. The molecule has 0 saturated carbocycles. The first kappa shape index (κ1) is 30.2. The minimum atomic E-state index is -1.53. The van der Waals surface area contributed by atoms with Crippen LogP contribution in [0.3, 0.4) is 0 Å². The van der Waals surface area contributed by atoms with Gasteiger partial charge in [0.2, 0.25) is 5.91 Å². The second kappa shape index (κ2) is 13.7. The van der Waals surface area contributed by atoms with Crippen molar-refractivity contribution in [1.29, 1.82) is 0 Å². The Balaban J connectivity index is 1.65. The van der Waals surface area contributed by atoms with E-state index in [1.807, 2.05) is 42.2 Å². The first-order valence-corrected chi connectivity index (χ1v) is 13.7. The van der Waals surface area contributed by atoms with Crippen molar-refractivity contribution >= 4 is 41.5 Å². The number of ether oxygens (including phenoxy) is 1. The molecule has 4 rings (SSSR count). The number of amides is 1. The summed E-state index contributed by atoms with van der Waals surface area (Å²) in [6, 6.07) is 18.8. The first-order chi connectivity index (χ1) is 19.7. The van der Waals surface area contributed by atoms with Crippen molar-refractivity contribution in [3.05, 3.63) is 93.4 Å². The van der Waals surface area contributed by atoms with Crippen LogP contribution in [0, 0.1) is 4.91 Å². The van der Waals surface area contributed by atoms with Gasteiger partial charge in [0.05, 0.1) is 25.4 Å². The van der Waals surface area contributed by atoms with E-state index in [1.165, 1.54) is 0 Å². The van der Waals surface area contributed by atoms with Gasteiger partial charge in [0.1, 0.15) is 11.8 Å². The molecule has 3 aromatic carbocycles. The summed E-state index contributed by atoms with van der Waals surface area (Å²) in [5, 5.41) is 28.7. The molecule has 3 atom stereocenters. The molecule has 0 aromatic heterocycles. The van der Waals surface area contributed by atoms with Gasteiger partial charge in [0.25, 0.3) is 0 Å². The number of nitrogens with one attached hydrogen (secondary N) is 2. The Kier molecular flexibility index (Phi) is 10.1. The van der Waals surface area contributed by atoms with Crippen molar-refractivity contribution < 1.29 is 19.6 Å². The summed E-state index contributed by atoms with van der Waals surface area (Å²) >= 11 is 6.16. The Hall–Kier alpha value is -3.77. The average molecular weight is 578 g/mol. The molecular weight excluding hydrogens is 545 g/mol. The summed E-state index contributed by atoms with van der Waals surface area (Å²) in [7, 11) is 1.84. The van der Waals surface area contributed by atoms with Gasteiger partial charge in [-0.25, -0.2) is 0 Å². The van der Waals surface area contributed by atoms with Crippen molar-refractivity contribution in [3.63, 3.8) is 0 Å². The molecular formula is C29H33BClN5O5. The zero-order valence-electron chi connectivity index (χ0n) is 23.1. The Bertz CT molecular complexity index is 1390. The largest absolute Gasteiger partial charge is 0.497 e. The van der Waals surface area contributed by atoms with Gasteiger partial charge in [-0.15, -0.1) is 4.91 Å². The predicted octanol–water partition coefficient (Wildman–Crippen LogP) is 2.46. The molecule has 0 spiro atoms. The van der Waals surface area contributed by atoms with Gasteiger partial charge in [-0.1, -0.05) is 48.0 Å². The van der Waals surface area contributed by atoms with Crippen LogP contribution in [0.25, 0.3) is 0 Å². The molecule has 0 radical (unpaired) electrons. The van der Waals surface area contributed by atoms with Crippen LogP contribution in [-0.2, 0) is 11.2 Å². The van der Waals surface area contributed by atoms with E-state index in [1.54, 1.807) is 50.6 Å². The molecule has 10 nitrogen and oxygen atoms in total. The summed E-state index contributed by atoms with van der Waals surface area (Å²) in [4.78, 5) is 32.4. The third-order valence-electron chi connectivity index (χ3n) is 7.13. The zero-order chi connectivity index (χ0) is 29.5. The van der Waals surface area contributed by atoms with E-state index in [-0.39, 0.29) is 18.5 Å². The number of rotatable bonds is 11. The molecule has 0 fully saturated rings. The minimum absolute atomic E-state index is 0.0683. The standard InChI is InChI=1S/C29H33BClN5O5/c1-18(32-2)36-26-13-12-23(41-3)16-24(26)28(20-6-10-22(31)11-7-20)34-25(29(36)35-40)17-27(37)33-15-14-19-4-8-21(9-5-19)30(38)39/h4-13,16,18,25,29,32,38-39H,14-15,17H2,1-3H3,(H,33,37)/t18?,25-,29?/m0/s1. The lowest BCUT2D eigenvalue weighted by atomic mass is 9.80. The monoisotopic (exact) mass is 577 g/mol. The number of benzodiazepines with no additional fused rings is 1. The summed E-state index contributed by atoms with van der Waals surface area (Å²) in [5.74, 6) is 0.349. The number of carbonyl (C=O) groups is 1. The molecule has 4 N–H and O–H groups in total. The number of benzene rings is 3. The number of hydrogen-bond donors (Lipinski definition) is 4. The normalized spacial score (nSPS) is 17.1. The number of nitroso groups, excluding NO2 is 1. The van der Waals surface area contributed by atoms with Gasteiger partial charge in [0, 0.05) is 28.4 Å². The SMILES string of the molecule is CNC(C)N1c2ccc(OC)cc2C(c2ccc(Cl)cc2)=N[C@@H](CC(=O)NCCc2ccc(B(O)O)cc2)C1N=O. The van der Waals surface area contributed by atoms with Gasteiger partial charge in [0.15, 0.2) is 6.17 Å². The number of methoxy groups -OCH3 is 1. The Morgan fingerprint density at radius 1 is 1.15 bits per heavy atom. The molecule has 1 heterocycles. The van der Waals surface area contributed by atoms with Crippen molar-refractivity contribution in [2.75, 3.05) is 25.6 Å². The third-order valence-corrected chi connectivity index (χ3v) is 7.38. The van der Waals surface area contributed by atoms with Crippen LogP contribution in [0.15, 0.2) is 76.9 Å². The molecule has 3 aromatic rings. The average Bonchev–Trinajstić information content (AvgIpc) is 3.11. The fourth-order valence-electron chi connectivity index (χ4n) is 4.84. The van der Waals surface area contributed by atoms with Crippen molar-refractivity contribution in [2.24, 2.45) is 10.2 Å². The maximum absolute atomic E-state index is 13.2. The van der Waals surface area contributed by atoms with Crippen LogP contribution in [0.4, 0.5) is 5.69 Å². The first-order valence-electron chi connectivity index (χ1n) is 13.3. The van der Waals surface area contributed by atoms with E-state index in [0.29, 0.717) is 34.9 Å². The van der Waals surface area contributed by atoms with Crippen molar-refractivity contribution in [1.82, 2.24) is 10.6 Å². The molecule has 0 bridgehead atoms. The molecule has 41 heavy (non-hydrogen) atoms. The fourth-order valence-corrected chi connectivity index (χ4v) is 4.96. The minimum Gasteiger partial charge on any atom is -0.497 e. The van der Waals surface area contributed by atoms with Crippen LogP contribution >= 0.6 is 11.6 Å². The maximum Gasteiger partial charge on any atom is 0.488 e. The zero-order valence-corrected chi connectivity index (χ0v) is 23.9. The Morgan fingerprint density at radius 2 is 1.85 bits per heavy atom. The van der Waals surface area contributed by atoms with Gasteiger partial charge >= 0.3 is 7.12 Å². The smallest absolute Gasteiger partial charge is 0.488 e. The van der Waals surface area contributed by atoms with Crippen molar-refractivity contribution in [3.8, 4) is 5.75 Å². The molecule has 1 aliphatic heterocycles. The van der Waals surface area contributed by atoms with Crippen molar-refractivity contribution in [2.45, 2.75) is 38.1 Å². The van der Waals surface area contributed by atoms with E-state index < -0.39 is 19.3 Å². The molecule has 0 aliphatic carbocycles. The van der Waals surface area contributed by atoms with E-state index in [4.69, 9.17) is 21.3 Å². The van der Waals surface area contributed by atoms with E-state index in [2.05, 4.69) is 15.8 Å². The van der Waals surface area contributed by atoms with Crippen LogP contribution in [-0.4, -0.2) is 67.9 Å². The fraction of sp³-hybridized carbons (Fsp3) is 0.310. The van der Waals surface area contributed by atoms with Crippen LogP contribution in [0.5, 0.6) is 5.75 Å². The number of carbonyl (C=O) groups excluding carboxylic acids is 1. The summed E-state index contributed by atoms with van der Waals surface area (Å²) in [5.41, 5.74) is 4.16. The van der Waals surface area contributed by atoms with Crippen LogP contribution < -0.4 is 25.7 Å². The molecule has 1 amide bonds. The molecule has 12 heteroatoms. The number of anilines is 1. The number of hydrogen-bond acceptors (Lipinski definition) is 9. The van der Waals surface area contributed by atoms with Gasteiger partial charge in [-0.2, -0.15) is 0 Å². The highest BCUT2D eigenvalue weighted by molar-refractivity contribution is 6.58. The summed E-state index contributed by atoms with van der Waals surface area (Å²) in [6.45, 7) is 2.27. The lowest BCUT2D eigenvalue weighted by molar-refractivity contribution is -0.121. The molecule has 1 aliphatic rings. The summed E-state index contributed by atoms with van der Waals surface area (Å²) in [6.07, 6.45) is -0.810. The van der Waals surface area contributed by atoms with Crippen LogP contribution in [0.1, 0.15) is 30.0 Å². The van der Waals surface area contributed by atoms with E-state index in [0.717, 1.165) is 22.4 Å². The highest BCUT2D eigenvalue weighted by Gasteiger charge is 2.38. The van der Waals surface area contributed by atoms with Gasteiger partial charge in [-0.3, -0.25) is 9.79 Å². The lowest BCUT2D eigenvalue weighted by Crippen LogP contribution is -2.52. The molecule has 0 saturated heterocycles. The number of halogens is 1. The predicted molar refractivity (Wildman–Crippen MR) is 162 cm³/mol. The lowest BCUT2D eigenvalue weighted by Gasteiger charge is -2.36. The van der Waals surface area contributed by atoms with E-state index >= 15 is 0 Å². The topological polar surface area (TPSA) is 136 Å². The Labute approximate surface area is 244 Å². The van der Waals surface area contributed by atoms with Crippen LogP contribution in [0.2, 0.25) is 5.02 Å². The van der Waals surface area contributed by atoms with Gasteiger partial charge in [-0.05, 0) is 66.9 Å². The maximum atomic E-state index is 13.2. The second-order valence-corrected chi connectivity index (χ2v) is 10.2.